The molecule has 0 atom stereocenters. The van der Waals surface area contributed by atoms with E-state index in [1.54, 1.807) is 12.1 Å². The van der Waals surface area contributed by atoms with Gasteiger partial charge in [0.25, 0.3) is 0 Å². The van der Waals surface area contributed by atoms with Crippen molar-refractivity contribution < 1.29 is 4.79 Å². The van der Waals surface area contributed by atoms with Crippen molar-refractivity contribution in [3.05, 3.63) is 59.7 Å². The van der Waals surface area contributed by atoms with E-state index in [1.807, 2.05) is 29.2 Å². The van der Waals surface area contributed by atoms with Crippen molar-refractivity contribution in [2.24, 2.45) is 0 Å². The van der Waals surface area contributed by atoms with Gasteiger partial charge in [-0.15, -0.1) is 10.2 Å². The maximum atomic E-state index is 12.5. The minimum Gasteiger partial charge on any atom is -0.399 e. The molecule has 7 nitrogen and oxygen atoms in total. The van der Waals surface area contributed by atoms with E-state index in [2.05, 4.69) is 27.5 Å². The van der Waals surface area contributed by atoms with Gasteiger partial charge < -0.3 is 10.6 Å². The van der Waals surface area contributed by atoms with Crippen LogP contribution in [0.15, 0.2) is 48.5 Å². The molecule has 2 heterocycles. The van der Waals surface area contributed by atoms with Gasteiger partial charge in [-0.1, -0.05) is 24.3 Å². The van der Waals surface area contributed by atoms with Gasteiger partial charge in [0.2, 0.25) is 11.7 Å². The van der Waals surface area contributed by atoms with Crippen LogP contribution in [0.2, 0.25) is 0 Å². The Morgan fingerprint density at radius 2 is 1.84 bits per heavy atom. The molecule has 0 spiro atoms. The molecule has 4 rings (SSSR count). The van der Waals surface area contributed by atoms with Crippen molar-refractivity contribution in [2.45, 2.75) is 19.5 Å². The summed E-state index contributed by atoms with van der Waals surface area (Å²) in [7, 11) is 0. The Morgan fingerprint density at radius 3 is 2.64 bits per heavy atom. The summed E-state index contributed by atoms with van der Waals surface area (Å²) in [5, 5.41) is 12.3. The molecule has 0 saturated heterocycles. The van der Waals surface area contributed by atoms with Crippen LogP contribution in [0.25, 0.3) is 11.4 Å². The zero-order valence-corrected chi connectivity index (χ0v) is 13.7. The van der Waals surface area contributed by atoms with E-state index in [4.69, 9.17) is 5.73 Å². The first-order valence-electron chi connectivity index (χ1n) is 8.17. The minimum absolute atomic E-state index is 0.00393. The highest BCUT2D eigenvalue weighted by atomic mass is 16.2. The smallest absolute Gasteiger partial charge is 0.246 e. The minimum atomic E-state index is -0.00393. The quantitative estimate of drug-likeness (QED) is 0.733. The van der Waals surface area contributed by atoms with Crippen molar-refractivity contribution in [1.82, 2.24) is 25.1 Å². The number of rotatable bonds is 3. The molecule has 1 aromatic heterocycles. The van der Waals surface area contributed by atoms with Crippen molar-refractivity contribution in [3.63, 3.8) is 0 Å². The van der Waals surface area contributed by atoms with Crippen LogP contribution >= 0.6 is 0 Å². The summed E-state index contributed by atoms with van der Waals surface area (Å²) in [6.45, 7) is 1.44. The molecule has 3 aromatic rings. The van der Waals surface area contributed by atoms with E-state index < -0.39 is 0 Å². The summed E-state index contributed by atoms with van der Waals surface area (Å²) >= 11 is 0. The third-order valence-electron chi connectivity index (χ3n) is 4.38. The molecule has 1 amide bonds. The Morgan fingerprint density at radius 1 is 1.08 bits per heavy atom. The van der Waals surface area contributed by atoms with Gasteiger partial charge in [-0.3, -0.25) is 4.79 Å². The number of hydrogen-bond acceptors (Lipinski definition) is 5. The number of carbonyl (C=O) groups excluding carboxylic acids is 1. The normalized spacial score (nSPS) is 13.5. The highest BCUT2D eigenvalue weighted by molar-refractivity contribution is 5.76. The highest BCUT2D eigenvalue weighted by Crippen LogP contribution is 2.19. The van der Waals surface area contributed by atoms with Gasteiger partial charge in [0.15, 0.2) is 0 Å². The number of nitrogen functional groups attached to an aromatic ring is 1. The Kier molecular flexibility index (Phi) is 3.89. The summed E-state index contributed by atoms with van der Waals surface area (Å²) in [5.74, 6) is 0.479. The van der Waals surface area contributed by atoms with Crippen LogP contribution in [0.4, 0.5) is 5.69 Å². The molecule has 25 heavy (non-hydrogen) atoms. The van der Waals surface area contributed by atoms with E-state index >= 15 is 0 Å². The molecule has 0 radical (unpaired) electrons. The first-order chi connectivity index (χ1) is 12.2. The van der Waals surface area contributed by atoms with Crippen LogP contribution < -0.4 is 5.73 Å². The van der Waals surface area contributed by atoms with Crippen LogP contribution in [0.1, 0.15) is 11.1 Å². The fraction of sp³-hybridized carbons (Fsp3) is 0.222. The highest BCUT2D eigenvalue weighted by Gasteiger charge is 2.21. The monoisotopic (exact) mass is 334 g/mol. The molecule has 0 saturated carbocycles. The molecule has 0 bridgehead atoms. The Hall–Kier alpha value is -3.22. The lowest BCUT2D eigenvalue weighted by atomic mass is 10.00. The molecular weight excluding hydrogens is 316 g/mol. The van der Waals surface area contributed by atoms with Gasteiger partial charge in [0.1, 0.15) is 6.54 Å². The summed E-state index contributed by atoms with van der Waals surface area (Å²) in [4.78, 5) is 15.7. The van der Waals surface area contributed by atoms with E-state index in [9.17, 15) is 4.79 Å². The summed E-state index contributed by atoms with van der Waals surface area (Å²) in [6.07, 6.45) is 0.878. The number of amides is 1. The SMILES string of the molecule is Nc1ccc(-c2nnn(CC(=O)N3CCc4ccccc4C3)n2)cc1. The third-order valence-corrected chi connectivity index (χ3v) is 4.38. The van der Waals surface area contributed by atoms with Crippen molar-refractivity contribution in [1.29, 1.82) is 0 Å². The summed E-state index contributed by atoms with van der Waals surface area (Å²) < 4.78 is 0. The third kappa shape index (κ3) is 3.21. The first kappa shape index (κ1) is 15.3. The van der Waals surface area contributed by atoms with Gasteiger partial charge in [-0.2, -0.15) is 4.80 Å². The Bertz CT molecular complexity index is 902. The lowest BCUT2D eigenvalue weighted by Crippen LogP contribution is -2.38. The van der Waals surface area contributed by atoms with Crippen molar-refractivity contribution in [3.8, 4) is 11.4 Å². The standard InChI is InChI=1S/C18H18N6O/c19-16-7-5-14(6-8-16)18-20-22-24(21-18)12-17(25)23-10-9-13-3-1-2-4-15(13)11-23/h1-8H,9-12,19H2. The molecule has 1 aliphatic heterocycles. The Balaban J connectivity index is 1.44. The number of nitrogens with two attached hydrogens (primary N) is 1. The van der Waals surface area contributed by atoms with Crippen LogP contribution in [0.5, 0.6) is 0 Å². The number of tetrazole rings is 1. The first-order valence-corrected chi connectivity index (χ1v) is 8.17. The van der Waals surface area contributed by atoms with Crippen molar-refractivity contribution in [2.75, 3.05) is 12.3 Å². The number of fused-ring (bicyclic) bond motifs is 1. The van der Waals surface area contributed by atoms with Gasteiger partial charge in [-0.25, -0.2) is 0 Å². The Labute approximate surface area is 145 Å². The number of nitrogens with zero attached hydrogens (tertiary/aromatic N) is 5. The predicted octanol–water partition coefficient (Wildman–Crippen LogP) is 1.51. The van der Waals surface area contributed by atoms with Gasteiger partial charge >= 0.3 is 0 Å². The molecular formula is C18H18N6O. The topological polar surface area (TPSA) is 89.9 Å². The molecule has 0 fully saturated rings. The zero-order valence-electron chi connectivity index (χ0n) is 13.7. The number of benzene rings is 2. The van der Waals surface area contributed by atoms with E-state index in [0.717, 1.165) is 18.5 Å². The number of carbonyl (C=O) groups is 1. The van der Waals surface area contributed by atoms with Crippen molar-refractivity contribution >= 4 is 11.6 Å². The second kappa shape index (κ2) is 6.35. The second-order valence-electron chi connectivity index (χ2n) is 6.10. The summed E-state index contributed by atoms with van der Waals surface area (Å²) in [5.41, 5.74) is 9.70. The predicted molar refractivity (Wildman–Crippen MR) is 93.2 cm³/mol. The average molecular weight is 334 g/mol. The average Bonchev–Trinajstić information content (AvgIpc) is 3.10. The van der Waals surface area contributed by atoms with Gasteiger partial charge in [0.05, 0.1) is 0 Å². The number of aromatic nitrogens is 4. The number of anilines is 1. The van der Waals surface area contributed by atoms with E-state index in [1.165, 1.54) is 15.9 Å². The van der Waals surface area contributed by atoms with Crippen LogP contribution in [0, 0.1) is 0 Å². The molecule has 0 aliphatic carbocycles. The molecule has 1 aliphatic rings. The molecule has 0 unspecified atom stereocenters. The van der Waals surface area contributed by atoms with Crippen LogP contribution in [0.3, 0.4) is 0 Å². The summed E-state index contributed by atoms with van der Waals surface area (Å²) in [6, 6.07) is 15.5. The van der Waals surface area contributed by atoms with Gasteiger partial charge in [-0.05, 0) is 47.0 Å². The molecule has 2 aromatic carbocycles. The van der Waals surface area contributed by atoms with Crippen LogP contribution in [-0.2, 0) is 24.3 Å². The largest absolute Gasteiger partial charge is 0.399 e. The zero-order chi connectivity index (χ0) is 17.2. The lowest BCUT2D eigenvalue weighted by molar-refractivity contribution is -0.133. The fourth-order valence-corrected chi connectivity index (χ4v) is 2.99. The maximum Gasteiger partial charge on any atom is 0.246 e. The molecule has 7 heteroatoms. The fourth-order valence-electron chi connectivity index (χ4n) is 2.99. The second-order valence-corrected chi connectivity index (χ2v) is 6.10. The molecule has 2 N–H and O–H groups in total. The van der Waals surface area contributed by atoms with Crippen LogP contribution in [-0.4, -0.2) is 37.6 Å². The van der Waals surface area contributed by atoms with E-state index in [-0.39, 0.29) is 12.5 Å². The molecule has 126 valence electrons. The van der Waals surface area contributed by atoms with E-state index in [0.29, 0.717) is 18.1 Å². The van der Waals surface area contributed by atoms with Gasteiger partial charge in [0, 0.05) is 24.3 Å². The number of hydrogen-bond donors (Lipinski definition) is 1. The lowest BCUT2D eigenvalue weighted by Gasteiger charge is -2.28. The maximum absolute atomic E-state index is 12.5.